The highest BCUT2D eigenvalue weighted by molar-refractivity contribution is 7.87. The van der Waals surface area contributed by atoms with Crippen molar-refractivity contribution in [3.63, 3.8) is 0 Å². The third-order valence-electron chi connectivity index (χ3n) is 2.51. The molecule has 0 unspecified atom stereocenters. The fourth-order valence-electron chi connectivity index (χ4n) is 1.73. The second-order valence-corrected chi connectivity index (χ2v) is 5.45. The molecule has 0 saturated carbocycles. The molecule has 1 fully saturated rings. The topological polar surface area (TPSA) is 78.9 Å². The summed E-state index contributed by atoms with van der Waals surface area (Å²) < 4.78 is 32.5. The van der Waals surface area contributed by atoms with E-state index in [0.29, 0.717) is 39.1 Å². The molecule has 0 bridgehead atoms. The molecule has 1 heterocycles. The van der Waals surface area contributed by atoms with Gasteiger partial charge in [-0.05, 0) is 12.8 Å². The first-order chi connectivity index (χ1) is 7.60. The third-order valence-corrected chi connectivity index (χ3v) is 4.21. The van der Waals surface area contributed by atoms with E-state index in [9.17, 15) is 8.42 Å². The van der Waals surface area contributed by atoms with E-state index in [4.69, 9.17) is 9.84 Å². The van der Waals surface area contributed by atoms with Gasteiger partial charge in [-0.15, -0.1) is 0 Å². The van der Waals surface area contributed by atoms with Crippen LogP contribution in [0.3, 0.4) is 0 Å². The van der Waals surface area contributed by atoms with E-state index >= 15 is 0 Å². The maximum absolute atomic E-state index is 11.6. The summed E-state index contributed by atoms with van der Waals surface area (Å²) >= 11 is 0. The van der Waals surface area contributed by atoms with Crippen LogP contribution in [0, 0.1) is 0 Å². The van der Waals surface area contributed by atoms with Crippen LogP contribution in [0.4, 0.5) is 0 Å². The van der Waals surface area contributed by atoms with Crippen molar-refractivity contribution in [2.45, 2.75) is 25.9 Å². The monoisotopic (exact) mass is 252 g/mol. The van der Waals surface area contributed by atoms with Crippen LogP contribution in [0.25, 0.3) is 0 Å². The Morgan fingerprint density at radius 3 is 2.56 bits per heavy atom. The van der Waals surface area contributed by atoms with Crippen LogP contribution in [-0.2, 0) is 14.9 Å². The number of rotatable bonds is 6. The predicted molar refractivity (Wildman–Crippen MR) is 60.2 cm³/mol. The van der Waals surface area contributed by atoms with Crippen molar-refractivity contribution in [1.82, 2.24) is 9.03 Å². The highest BCUT2D eigenvalue weighted by Gasteiger charge is 2.27. The van der Waals surface area contributed by atoms with Crippen LogP contribution in [0.2, 0.25) is 0 Å². The molecule has 16 heavy (non-hydrogen) atoms. The van der Waals surface area contributed by atoms with E-state index < -0.39 is 10.2 Å². The first-order valence-electron chi connectivity index (χ1n) is 5.57. The van der Waals surface area contributed by atoms with E-state index in [1.54, 1.807) is 6.92 Å². The fraction of sp³-hybridized carbons (Fsp3) is 1.00. The SMILES string of the molecule is CCNS(=O)(=O)N1CCC(OCCO)CC1. The van der Waals surface area contributed by atoms with Crippen molar-refractivity contribution < 1.29 is 18.3 Å². The second kappa shape index (κ2) is 6.51. The van der Waals surface area contributed by atoms with Gasteiger partial charge in [-0.2, -0.15) is 12.7 Å². The second-order valence-electron chi connectivity index (χ2n) is 3.70. The molecule has 0 radical (unpaired) electrons. The molecule has 2 N–H and O–H groups in total. The Labute approximate surface area is 96.8 Å². The maximum Gasteiger partial charge on any atom is 0.279 e. The van der Waals surface area contributed by atoms with Gasteiger partial charge in [-0.1, -0.05) is 6.92 Å². The first kappa shape index (κ1) is 13.9. The van der Waals surface area contributed by atoms with Gasteiger partial charge in [0.15, 0.2) is 0 Å². The Kier molecular flexibility index (Phi) is 5.63. The summed E-state index contributed by atoms with van der Waals surface area (Å²) in [4.78, 5) is 0. The van der Waals surface area contributed by atoms with Gasteiger partial charge in [0.05, 0.1) is 19.3 Å². The number of aliphatic hydroxyl groups excluding tert-OH is 1. The van der Waals surface area contributed by atoms with E-state index in [1.165, 1.54) is 4.31 Å². The molecule has 1 saturated heterocycles. The lowest BCUT2D eigenvalue weighted by Gasteiger charge is -2.30. The van der Waals surface area contributed by atoms with E-state index in [0.717, 1.165) is 0 Å². The molecular weight excluding hydrogens is 232 g/mol. The molecule has 1 aliphatic rings. The molecule has 0 aromatic heterocycles. The lowest BCUT2D eigenvalue weighted by molar-refractivity contribution is 0.00307. The van der Waals surface area contributed by atoms with E-state index in [2.05, 4.69) is 4.72 Å². The van der Waals surface area contributed by atoms with Gasteiger partial charge in [0.25, 0.3) is 10.2 Å². The minimum atomic E-state index is -3.30. The standard InChI is InChI=1S/C9H20N2O4S/c1-2-10-16(13,14)11-5-3-9(4-6-11)15-8-7-12/h9-10,12H,2-8H2,1H3. The van der Waals surface area contributed by atoms with Crippen LogP contribution in [0.1, 0.15) is 19.8 Å². The van der Waals surface area contributed by atoms with Crippen molar-refractivity contribution in [3.8, 4) is 0 Å². The predicted octanol–water partition coefficient (Wildman–Crippen LogP) is -0.686. The lowest BCUT2D eigenvalue weighted by Crippen LogP contribution is -2.46. The zero-order valence-electron chi connectivity index (χ0n) is 9.55. The molecule has 1 rings (SSSR count). The molecule has 96 valence electrons. The Morgan fingerprint density at radius 2 is 2.06 bits per heavy atom. The average Bonchev–Trinajstić information content (AvgIpc) is 2.27. The van der Waals surface area contributed by atoms with Gasteiger partial charge in [-0.25, -0.2) is 4.72 Å². The molecule has 0 amide bonds. The summed E-state index contributed by atoms with van der Waals surface area (Å²) in [6.45, 7) is 3.45. The maximum atomic E-state index is 11.6. The number of hydrogen-bond acceptors (Lipinski definition) is 4. The molecule has 6 nitrogen and oxygen atoms in total. The van der Waals surface area contributed by atoms with Crippen molar-refractivity contribution >= 4 is 10.2 Å². The fourth-order valence-corrected chi connectivity index (χ4v) is 2.97. The van der Waals surface area contributed by atoms with Crippen LogP contribution in [0.5, 0.6) is 0 Å². The van der Waals surface area contributed by atoms with Gasteiger partial charge < -0.3 is 9.84 Å². The van der Waals surface area contributed by atoms with Gasteiger partial charge in [0, 0.05) is 19.6 Å². The Balaban J connectivity index is 2.37. The summed E-state index contributed by atoms with van der Waals surface area (Å²) in [5, 5.41) is 8.61. The number of nitrogens with zero attached hydrogens (tertiary/aromatic N) is 1. The molecule has 1 aliphatic heterocycles. The van der Waals surface area contributed by atoms with Gasteiger partial charge in [0.1, 0.15) is 0 Å². The minimum Gasteiger partial charge on any atom is -0.394 e. The average molecular weight is 252 g/mol. The van der Waals surface area contributed by atoms with Crippen LogP contribution >= 0.6 is 0 Å². The quantitative estimate of drug-likeness (QED) is 0.656. The Bertz CT molecular complexity index is 286. The van der Waals surface area contributed by atoms with Crippen LogP contribution < -0.4 is 4.72 Å². The summed E-state index contributed by atoms with van der Waals surface area (Å²) in [6, 6.07) is 0. The summed E-state index contributed by atoms with van der Waals surface area (Å²) in [5.41, 5.74) is 0. The van der Waals surface area contributed by atoms with E-state index in [-0.39, 0.29) is 12.7 Å². The molecule has 0 aromatic carbocycles. The third kappa shape index (κ3) is 3.99. The Hall–Kier alpha value is -0.210. The molecule has 0 aromatic rings. The zero-order chi connectivity index (χ0) is 12.0. The molecule has 7 heteroatoms. The summed E-state index contributed by atoms with van der Waals surface area (Å²) in [5.74, 6) is 0. The van der Waals surface area contributed by atoms with Crippen LogP contribution in [-0.4, -0.2) is 56.8 Å². The highest BCUT2D eigenvalue weighted by Crippen LogP contribution is 2.15. The number of aliphatic hydroxyl groups is 1. The Morgan fingerprint density at radius 1 is 1.44 bits per heavy atom. The van der Waals surface area contributed by atoms with Crippen molar-refractivity contribution in [2.75, 3.05) is 32.8 Å². The van der Waals surface area contributed by atoms with E-state index in [1.807, 2.05) is 0 Å². The van der Waals surface area contributed by atoms with Crippen molar-refractivity contribution in [2.24, 2.45) is 0 Å². The summed E-state index contributed by atoms with van der Waals surface area (Å²) in [7, 11) is -3.30. The number of nitrogens with one attached hydrogen (secondary N) is 1. The van der Waals surface area contributed by atoms with Crippen molar-refractivity contribution in [1.29, 1.82) is 0 Å². The minimum absolute atomic E-state index is 0.00982. The van der Waals surface area contributed by atoms with Crippen LogP contribution in [0.15, 0.2) is 0 Å². The van der Waals surface area contributed by atoms with Gasteiger partial charge in [0.2, 0.25) is 0 Å². The largest absolute Gasteiger partial charge is 0.394 e. The number of hydrogen-bond donors (Lipinski definition) is 2. The van der Waals surface area contributed by atoms with Gasteiger partial charge >= 0.3 is 0 Å². The number of piperidine rings is 1. The zero-order valence-corrected chi connectivity index (χ0v) is 10.4. The molecule has 0 atom stereocenters. The van der Waals surface area contributed by atoms with Gasteiger partial charge in [-0.3, -0.25) is 0 Å². The first-order valence-corrected chi connectivity index (χ1v) is 7.01. The normalized spacial score (nSPS) is 20.1. The smallest absolute Gasteiger partial charge is 0.279 e. The lowest BCUT2D eigenvalue weighted by atomic mass is 10.1. The highest BCUT2D eigenvalue weighted by atomic mass is 32.2. The number of ether oxygens (including phenoxy) is 1. The molecule has 0 aliphatic carbocycles. The molecular formula is C9H20N2O4S. The summed E-state index contributed by atoms with van der Waals surface area (Å²) in [6.07, 6.45) is 1.44. The molecule has 0 spiro atoms. The van der Waals surface area contributed by atoms with Crippen molar-refractivity contribution in [3.05, 3.63) is 0 Å².